The Labute approximate surface area is 83.5 Å². The average molecular weight is 243 g/mol. The molecular weight excluding hydrogens is 236 g/mol. The molecule has 3 N–H and O–H groups in total. The van der Waals surface area contributed by atoms with E-state index in [9.17, 15) is 9.59 Å². The minimum Gasteiger partial charge on any atom is -0.366 e. The van der Waals surface area contributed by atoms with Gasteiger partial charge in [-0.05, 0) is 12.1 Å². The van der Waals surface area contributed by atoms with Crippen LogP contribution >= 0.6 is 16.1 Å². The minimum absolute atomic E-state index is 0.208. The fourth-order valence-corrected chi connectivity index (χ4v) is 1.16. The van der Waals surface area contributed by atoms with Crippen molar-refractivity contribution in [1.82, 2.24) is 4.34 Å². The number of amides is 2. The Morgan fingerprint density at radius 2 is 1.77 bits per heavy atom. The van der Waals surface area contributed by atoms with Gasteiger partial charge in [0, 0.05) is 16.1 Å². The molecule has 0 aliphatic heterocycles. The molecule has 0 bridgehead atoms. The van der Waals surface area contributed by atoms with Crippen molar-refractivity contribution in [3.05, 3.63) is 35.4 Å². The van der Waals surface area contributed by atoms with Gasteiger partial charge in [0.25, 0.3) is 5.91 Å². The van der Waals surface area contributed by atoms with Crippen LogP contribution in [0.15, 0.2) is 24.3 Å². The highest BCUT2D eigenvalue weighted by molar-refractivity contribution is 9.08. The van der Waals surface area contributed by atoms with Crippen molar-refractivity contribution in [2.75, 3.05) is 0 Å². The van der Waals surface area contributed by atoms with E-state index in [1.807, 2.05) is 0 Å². The zero-order valence-corrected chi connectivity index (χ0v) is 8.17. The summed E-state index contributed by atoms with van der Waals surface area (Å²) in [6, 6.07) is 6.33. The summed E-state index contributed by atoms with van der Waals surface area (Å²) in [5.41, 5.74) is 5.54. The van der Waals surface area contributed by atoms with Crippen LogP contribution in [-0.4, -0.2) is 11.8 Å². The fraction of sp³-hybridized carbons (Fsp3) is 0. The van der Waals surface area contributed by atoms with Gasteiger partial charge in [-0.2, -0.15) is 0 Å². The van der Waals surface area contributed by atoms with Gasteiger partial charge in [0.05, 0.1) is 11.1 Å². The highest BCUT2D eigenvalue weighted by atomic mass is 79.9. The Kier molecular flexibility index (Phi) is 3.02. The zero-order valence-electron chi connectivity index (χ0n) is 6.58. The SMILES string of the molecule is NC(=O)c1ccccc1C(=O)NBr. The van der Waals surface area contributed by atoms with Crippen LogP contribution in [0, 0.1) is 0 Å². The molecule has 1 aromatic rings. The minimum atomic E-state index is -0.619. The normalized spacial score (nSPS) is 9.31. The lowest BCUT2D eigenvalue weighted by Crippen LogP contribution is -2.20. The van der Waals surface area contributed by atoms with Gasteiger partial charge >= 0.3 is 0 Å². The number of carbonyl (C=O) groups is 2. The molecule has 0 aromatic heterocycles. The van der Waals surface area contributed by atoms with E-state index in [4.69, 9.17) is 5.73 Å². The molecule has 1 rings (SSSR count). The zero-order chi connectivity index (χ0) is 9.84. The van der Waals surface area contributed by atoms with Gasteiger partial charge in [0.1, 0.15) is 0 Å². The summed E-state index contributed by atoms with van der Waals surface area (Å²) in [5, 5.41) is 0. The largest absolute Gasteiger partial charge is 0.366 e. The lowest BCUT2D eigenvalue weighted by molar-refractivity contribution is 0.0959. The number of carbonyl (C=O) groups excluding carboxylic acids is 2. The smallest absolute Gasteiger partial charge is 0.261 e. The number of hydrogen-bond donors (Lipinski definition) is 2. The Bertz CT molecular complexity index is 352. The monoisotopic (exact) mass is 242 g/mol. The van der Waals surface area contributed by atoms with Gasteiger partial charge < -0.3 is 5.73 Å². The summed E-state index contributed by atoms with van der Waals surface area (Å²) in [7, 11) is 0. The van der Waals surface area contributed by atoms with E-state index in [0.29, 0.717) is 0 Å². The highest BCUT2D eigenvalue weighted by Gasteiger charge is 2.12. The molecule has 0 heterocycles. The molecule has 0 unspecified atom stereocenters. The lowest BCUT2D eigenvalue weighted by Gasteiger charge is -2.02. The third kappa shape index (κ3) is 2.06. The number of primary amides is 1. The van der Waals surface area contributed by atoms with Crippen LogP contribution in [0.2, 0.25) is 0 Å². The van der Waals surface area contributed by atoms with E-state index in [0.717, 1.165) is 0 Å². The molecule has 0 aliphatic carbocycles. The van der Waals surface area contributed by atoms with Crippen molar-refractivity contribution in [2.24, 2.45) is 5.73 Å². The molecule has 5 heteroatoms. The van der Waals surface area contributed by atoms with E-state index < -0.39 is 11.8 Å². The van der Waals surface area contributed by atoms with E-state index in [-0.39, 0.29) is 11.1 Å². The number of halogens is 1. The number of nitrogens with one attached hydrogen (secondary N) is 1. The fourth-order valence-electron chi connectivity index (χ4n) is 0.947. The maximum atomic E-state index is 11.2. The van der Waals surface area contributed by atoms with Crippen molar-refractivity contribution in [3.63, 3.8) is 0 Å². The summed E-state index contributed by atoms with van der Waals surface area (Å²) >= 11 is 2.78. The van der Waals surface area contributed by atoms with Crippen molar-refractivity contribution in [1.29, 1.82) is 0 Å². The molecule has 4 nitrogen and oxygen atoms in total. The van der Waals surface area contributed by atoms with Crippen molar-refractivity contribution in [3.8, 4) is 0 Å². The first kappa shape index (κ1) is 9.73. The van der Waals surface area contributed by atoms with E-state index in [1.165, 1.54) is 12.1 Å². The molecule has 13 heavy (non-hydrogen) atoms. The van der Waals surface area contributed by atoms with Gasteiger partial charge in [-0.3, -0.25) is 13.9 Å². The molecule has 0 fully saturated rings. The third-order valence-corrected chi connectivity index (χ3v) is 1.88. The maximum absolute atomic E-state index is 11.2. The Balaban J connectivity index is 3.19. The molecule has 2 amide bonds. The molecule has 0 saturated carbocycles. The quantitative estimate of drug-likeness (QED) is 0.755. The van der Waals surface area contributed by atoms with Gasteiger partial charge in [-0.25, -0.2) is 0 Å². The van der Waals surface area contributed by atoms with E-state index >= 15 is 0 Å². The van der Waals surface area contributed by atoms with Gasteiger partial charge in [-0.1, -0.05) is 12.1 Å². The summed E-state index contributed by atoms with van der Waals surface area (Å²) < 4.78 is 2.24. The molecule has 0 aliphatic rings. The average Bonchev–Trinajstić information content (AvgIpc) is 2.16. The summed E-state index contributed by atoms with van der Waals surface area (Å²) in [4.78, 5) is 22.0. The predicted molar refractivity (Wildman–Crippen MR) is 51.4 cm³/mol. The van der Waals surface area contributed by atoms with Crippen molar-refractivity contribution >= 4 is 28.0 Å². The number of hydrogen-bond acceptors (Lipinski definition) is 2. The summed E-state index contributed by atoms with van der Waals surface area (Å²) in [6.45, 7) is 0. The van der Waals surface area contributed by atoms with E-state index in [1.54, 1.807) is 12.1 Å². The highest BCUT2D eigenvalue weighted by Crippen LogP contribution is 2.07. The van der Waals surface area contributed by atoms with E-state index in [2.05, 4.69) is 20.5 Å². The predicted octanol–water partition coefficient (Wildman–Crippen LogP) is 0.825. The number of benzene rings is 1. The second-order valence-corrected chi connectivity index (χ2v) is 2.73. The molecule has 0 spiro atoms. The van der Waals surface area contributed by atoms with Crippen molar-refractivity contribution < 1.29 is 9.59 Å². The van der Waals surface area contributed by atoms with Gasteiger partial charge in [-0.15, -0.1) is 0 Å². The second-order valence-electron chi connectivity index (χ2n) is 2.33. The summed E-state index contributed by atoms with van der Waals surface area (Å²) in [6.07, 6.45) is 0. The van der Waals surface area contributed by atoms with Crippen molar-refractivity contribution in [2.45, 2.75) is 0 Å². The third-order valence-electron chi connectivity index (χ3n) is 1.52. The summed E-state index contributed by atoms with van der Waals surface area (Å²) in [5.74, 6) is -1.01. The Morgan fingerprint density at radius 3 is 2.23 bits per heavy atom. The van der Waals surface area contributed by atoms with Crippen LogP contribution in [-0.2, 0) is 0 Å². The molecule has 68 valence electrons. The number of nitrogens with two attached hydrogens (primary N) is 1. The van der Waals surface area contributed by atoms with Crippen LogP contribution in [0.5, 0.6) is 0 Å². The standard InChI is InChI=1S/C8H7BrN2O2/c9-11-8(13)6-4-2-1-3-5(6)7(10)12/h1-4H,(H2,10,12)(H,11,13). The Morgan fingerprint density at radius 1 is 1.23 bits per heavy atom. The topological polar surface area (TPSA) is 72.2 Å². The van der Waals surface area contributed by atoms with Crippen LogP contribution in [0.25, 0.3) is 0 Å². The first-order valence-corrected chi connectivity index (χ1v) is 4.26. The lowest BCUT2D eigenvalue weighted by atomic mass is 10.1. The van der Waals surface area contributed by atoms with Gasteiger partial charge in [0.2, 0.25) is 5.91 Å². The second kappa shape index (κ2) is 4.04. The van der Waals surface area contributed by atoms with Crippen LogP contribution in [0.3, 0.4) is 0 Å². The molecular formula is C8H7BrN2O2. The molecule has 0 saturated heterocycles. The van der Waals surface area contributed by atoms with Crippen LogP contribution in [0.1, 0.15) is 20.7 Å². The Hall–Kier alpha value is -1.36. The number of rotatable bonds is 2. The first-order valence-electron chi connectivity index (χ1n) is 3.46. The first-order chi connectivity index (χ1) is 6.16. The molecule has 1 aromatic carbocycles. The van der Waals surface area contributed by atoms with Gasteiger partial charge in [0.15, 0.2) is 0 Å². The maximum Gasteiger partial charge on any atom is 0.261 e. The molecule has 0 radical (unpaired) electrons. The molecule has 0 atom stereocenters. The van der Waals surface area contributed by atoms with Crippen LogP contribution < -0.4 is 10.1 Å². The van der Waals surface area contributed by atoms with Crippen LogP contribution in [0.4, 0.5) is 0 Å².